The van der Waals surface area contributed by atoms with E-state index in [1.165, 1.54) is 11.3 Å². The maximum absolute atomic E-state index is 12.5. The van der Waals surface area contributed by atoms with Gasteiger partial charge in [-0.2, -0.15) is 0 Å². The lowest BCUT2D eigenvalue weighted by molar-refractivity contribution is 0.581. The first-order chi connectivity index (χ1) is 9.83. The van der Waals surface area contributed by atoms with E-state index in [1.54, 1.807) is 6.07 Å². The van der Waals surface area contributed by atoms with Crippen molar-refractivity contribution < 1.29 is 8.42 Å². The smallest absolute Gasteiger partial charge is 0.242 e. The van der Waals surface area contributed by atoms with Crippen LogP contribution in [0, 0.1) is 6.92 Å². The van der Waals surface area contributed by atoms with Crippen molar-refractivity contribution in [3.63, 3.8) is 0 Å². The third-order valence-corrected chi connectivity index (χ3v) is 7.24. The van der Waals surface area contributed by atoms with Gasteiger partial charge in [-0.15, -0.1) is 11.3 Å². The highest BCUT2D eigenvalue weighted by molar-refractivity contribution is 9.11. The third-order valence-electron chi connectivity index (χ3n) is 2.87. The van der Waals surface area contributed by atoms with Gasteiger partial charge >= 0.3 is 0 Å². The van der Waals surface area contributed by atoms with E-state index in [1.807, 2.05) is 25.1 Å². The Morgan fingerprint density at radius 1 is 1.29 bits per heavy atom. The lowest BCUT2D eigenvalue weighted by Gasteiger charge is -2.11. The summed E-state index contributed by atoms with van der Waals surface area (Å²) in [6, 6.07) is 7.25. The molecule has 0 aliphatic heterocycles. The van der Waals surface area contributed by atoms with Gasteiger partial charge < -0.3 is 5.73 Å². The molecule has 0 saturated heterocycles. The molecule has 3 N–H and O–H groups in total. The molecule has 1 heterocycles. The SMILES string of the molecule is Cc1cc(CN)cc(S(=O)(=O)NCc2ccc(Br)s2)c1Br. The molecular weight excluding hydrogens is 440 g/mol. The van der Waals surface area contributed by atoms with Crippen molar-refractivity contribution >= 4 is 53.2 Å². The molecule has 0 radical (unpaired) electrons. The Hall–Kier alpha value is -0.250. The van der Waals surface area contributed by atoms with Crippen LogP contribution >= 0.6 is 43.2 Å². The van der Waals surface area contributed by atoms with E-state index in [0.29, 0.717) is 11.0 Å². The first-order valence-electron chi connectivity index (χ1n) is 6.06. The first-order valence-corrected chi connectivity index (χ1v) is 9.95. The Labute approximate surface area is 145 Å². The molecular formula is C13H14Br2N2O2S2. The number of aryl methyl sites for hydroxylation is 1. The van der Waals surface area contributed by atoms with E-state index in [-0.39, 0.29) is 11.4 Å². The minimum Gasteiger partial charge on any atom is -0.326 e. The second kappa shape index (κ2) is 6.89. The topological polar surface area (TPSA) is 72.2 Å². The summed E-state index contributed by atoms with van der Waals surface area (Å²) >= 11 is 8.20. The van der Waals surface area contributed by atoms with Crippen LogP contribution in [-0.4, -0.2) is 8.42 Å². The number of nitrogens with two attached hydrogens (primary N) is 1. The summed E-state index contributed by atoms with van der Waals surface area (Å²) in [6.07, 6.45) is 0. The number of benzene rings is 1. The van der Waals surface area contributed by atoms with Gasteiger partial charge in [0.15, 0.2) is 0 Å². The van der Waals surface area contributed by atoms with Crippen LogP contribution in [0.5, 0.6) is 0 Å². The average molecular weight is 454 g/mol. The zero-order chi connectivity index (χ0) is 15.6. The summed E-state index contributed by atoms with van der Waals surface area (Å²) in [5, 5.41) is 0. The minimum atomic E-state index is -3.60. The van der Waals surface area contributed by atoms with Crippen molar-refractivity contribution in [3.05, 3.63) is 48.5 Å². The first kappa shape index (κ1) is 17.1. The third kappa shape index (κ3) is 4.14. The van der Waals surface area contributed by atoms with Crippen LogP contribution in [0.4, 0.5) is 0 Å². The van der Waals surface area contributed by atoms with Crippen molar-refractivity contribution in [1.82, 2.24) is 4.72 Å². The molecule has 4 nitrogen and oxygen atoms in total. The monoisotopic (exact) mass is 452 g/mol. The molecule has 0 spiro atoms. The van der Waals surface area contributed by atoms with Crippen LogP contribution in [0.15, 0.2) is 37.4 Å². The molecule has 0 aliphatic carbocycles. The van der Waals surface area contributed by atoms with Gasteiger partial charge in [0.1, 0.15) is 0 Å². The number of sulfonamides is 1. The van der Waals surface area contributed by atoms with Gasteiger partial charge in [0.05, 0.1) is 8.68 Å². The number of hydrogen-bond donors (Lipinski definition) is 2. The number of rotatable bonds is 5. The largest absolute Gasteiger partial charge is 0.326 e. The van der Waals surface area contributed by atoms with Crippen LogP contribution in [0.2, 0.25) is 0 Å². The summed E-state index contributed by atoms with van der Waals surface area (Å²) in [4.78, 5) is 1.16. The maximum atomic E-state index is 12.5. The second-order valence-electron chi connectivity index (χ2n) is 4.46. The van der Waals surface area contributed by atoms with Crippen LogP contribution in [0.1, 0.15) is 16.0 Å². The Morgan fingerprint density at radius 2 is 2.00 bits per heavy atom. The predicted molar refractivity (Wildman–Crippen MR) is 92.8 cm³/mol. The van der Waals surface area contributed by atoms with Gasteiger partial charge in [-0.05, 0) is 68.1 Å². The minimum absolute atomic E-state index is 0.221. The van der Waals surface area contributed by atoms with Crippen molar-refractivity contribution in [2.75, 3.05) is 0 Å². The summed E-state index contributed by atoms with van der Waals surface area (Å²) in [5.41, 5.74) is 7.25. The van der Waals surface area contributed by atoms with Crippen molar-refractivity contribution in [3.8, 4) is 0 Å². The average Bonchev–Trinajstić information content (AvgIpc) is 2.85. The zero-order valence-electron chi connectivity index (χ0n) is 11.2. The molecule has 114 valence electrons. The standard InChI is InChI=1S/C13H14Br2N2O2S2/c1-8-4-9(6-16)5-11(13(8)15)21(18,19)17-7-10-2-3-12(14)20-10/h2-5,17H,6-7,16H2,1H3. The Morgan fingerprint density at radius 3 is 2.57 bits per heavy atom. The van der Waals surface area contributed by atoms with Crippen molar-refractivity contribution in [1.29, 1.82) is 0 Å². The quantitative estimate of drug-likeness (QED) is 0.727. The normalized spacial score (nSPS) is 11.8. The highest BCUT2D eigenvalue weighted by Crippen LogP contribution is 2.28. The highest BCUT2D eigenvalue weighted by atomic mass is 79.9. The molecule has 0 fully saturated rings. The summed E-state index contributed by atoms with van der Waals surface area (Å²) < 4.78 is 29.1. The number of nitrogens with one attached hydrogen (secondary N) is 1. The predicted octanol–water partition coefficient (Wildman–Crippen LogP) is 3.52. The number of halogens is 2. The second-order valence-corrected chi connectivity index (χ2v) is 9.54. The summed E-state index contributed by atoms with van der Waals surface area (Å²) in [7, 11) is -3.60. The summed E-state index contributed by atoms with van der Waals surface area (Å²) in [5.74, 6) is 0. The maximum Gasteiger partial charge on any atom is 0.242 e. The van der Waals surface area contributed by atoms with Crippen LogP contribution in [-0.2, 0) is 23.1 Å². The van der Waals surface area contributed by atoms with Crippen LogP contribution in [0.25, 0.3) is 0 Å². The molecule has 2 aromatic rings. The Bertz CT molecular complexity index is 758. The van der Waals surface area contributed by atoms with Gasteiger partial charge in [0, 0.05) is 22.4 Å². The molecule has 0 bridgehead atoms. The van der Waals surface area contributed by atoms with Crippen LogP contribution in [0.3, 0.4) is 0 Å². The van der Waals surface area contributed by atoms with Gasteiger partial charge in [-0.3, -0.25) is 0 Å². The molecule has 21 heavy (non-hydrogen) atoms. The number of thiophene rings is 1. The lowest BCUT2D eigenvalue weighted by Crippen LogP contribution is -2.23. The van der Waals surface area contributed by atoms with E-state index < -0.39 is 10.0 Å². The summed E-state index contributed by atoms with van der Waals surface area (Å²) in [6.45, 7) is 2.41. The van der Waals surface area contributed by atoms with E-state index in [4.69, 9.17) is 5.73 Å². The van der Waals surface area contributed by atoms with Gasteiger partial charge in [0.2, 0.25) is 10.0 Å². The van der Waals surface area contributed by atoms with Gasteiger partial charge in [-0.1, -0.05) is 6.07 Å². The van der Waals surface area contributed by atoms with E-state index in [9.17, 15) is 8.42 Å². The van der Waals surface area contributed by atoms with Crippen LogP contribution < -0.4 is 10.5 Å². The lowest BCUT2D eigenvalue weighted by atomic mass is 10.1. The van der Waals surface area contributed by atoms with Gasteiger partial charge in [-0.25, -0.2) is 13.1 Å². The van der Waals surface area contributed by atoms with E-state index in [2.05, 4.69) is 36.6 Å². The fourth-order valence-corrected chi connectivity index (χ4v) is 5.40. The molecule has 1 aromatic carbocycles. The molecule has 1 aromatic heterocycles. The fourth-order valence-electron chi connectivity index (χ4n) is 1.81. The van der Waals surface area contributed by atoms with E-state index >= 15 is 0 Å². The Balaban J connectivity index is 2.29. The molecule has 0 atom stereocenters. The molecule has 8 heteroatoms. The van der Waals surface area contributed by atoms with Crippen molar-refractivity contribution in [2.24, 2.45) is 5.73 Å². The molecule has 2 rings (SSSR count). The van der Waals surface area contributed by atoms with Crippen molar-refractivity contribution in [2.45, 2.75) is 24.9 Å². The molecule has 0 saturated carbocycles. The molecule has 0 aliphatic rings. The zero-order valence-corrected chi connectivity index (χ0v) is 16.0. The highest BCUT2D eigenvalue weighted by Gasteiger charge is 2.19. The fraction of sp³-hybridized carbons (Fsp3) is 0.231. The van der Waals surface area contributed by atoms with Gasteiger partial charge in [0.25, 0.3) is 0 Å². The van der Waals surface area contributed by atoms with E-state index in [0.717, 1.165) is 19.8 Å². The Kier molecular flexibility index (Phi) is 5.61. The molecule has 0 unspecified atom stereocenters. The number of hydrogen-bond acceptors (Lipinski definition) is 4. The molecule has 0 amide bonds.